The lowest BCUT2D eigenvalue weighted by Gasteiger charge is -2.03. The lowest BCUT2D eigenvalue weighted by molar-refractivity contribution is -0.120. The van der Waals surface area contributed by atoms with Crippen molar-refractivity contribution >= 4 is 5.91 Å². The molecule has 2 rings (SSSR count). The molecule has 0 atom stereocenters. The second-order valence-corrected chi connectivity index (χ2v) is 4.94. The fourth-order valence-corrected chi connectivity index (χ4v) is 2.10. The maximum atomic E-state index is 11.9. The predicted octanol–water partition coefficient (Wildman–Crippen LogP) is 2.71. The molecule has 2 aromatic carbocycles. The molecule has 0 aromatic heterocycles. The molecule has 0 spiro atoms. The molecule has 22 heavy (non-hydrogen) atoms. The average molecular weight is 293 g/mol. The van der Waals surface area contributed by atoms with Gasteiger partial charge in [-0.15, -0.1) is 0 Å². The molecule has 0 bridgehead atoms. The SMILES string of the molecule is COc1ccccc1C#CCNC(=O)Cc1cccc(C)c1. The summed E-state index contributed by atoms with van der Waals surface area (Å²) in [6.07, 6.45) is 0.373. The highest BCUT2D eigenvalue weighted by molar-refractivity contribution is 5.78. The first-order chi connectivity index (χ1) is 10.7. The quantitative estimate of drug-likeness (QED) is 0.880. The average Bonchev–Trinajstić information content (AvgIpc) is 2.52. The third-order valence-electron chi connectivity index (χ3n) is 3.15. The van der Waals surface area contributed by atoms with E-state index in [9.17, 15) is 4.79 Å². The maximum absolute atomic E-state index is 11.9. The fourth-order valence-electron chi connectivity index (χ4n) is 2.10. The summed E-state index contributed by atoms with van der Waals surface area (Å²) in [5.74, 6) is 6.65. The van der Waals surface area contributed by atoms with Gasteiger partial charge in [-0.25, -0.2) is 0 Å². The maximum Gasteiger partial charge on any atom is 0.225 e. The summed E-state index contributed by atoms with van der Waals surface area (Å²) in [6.45, 7) is 2.34. The number of nitrogens with one attached hydrogen (secondary N) is 1. The van der Waals surface area contributed by atoms with Gasteiger partial charge >= 0.3 is 0 Å². The molecule has 0 heterocycles. The lowest BCUT2D eigenvalue weighted by Crippen LogP contribution is -2.25. The molecule has 0 radical (unpaired) electrons. The number of amides is 1. The third kappa shape index (κ3) is 4.68. The summed E-state index contributed by atoms with van der Waals surface area (Å²) in [7, 11) is 1.62. The van der Waals surface area contributed by atoms with Crippen LogP contribution >= 0.6 is 0 Å². The van der Waals surface area contributed by atoms with Crippen molar-refractivity contribution < 1.29 is 9.53 Å². The third-order valence-corrected chi connectivity index (χ3v) is 3.15. The van der Waals surface area contributed by atoms with Gasteiger partial charge in [-0.05, 0) is 24.6 Å². The molecule has 0 aliphatic heterocycles. The zero-order valence-electron chi connectivity index (χ0n) is 12.8. The van der Waals surface area contributed by atoms with E-state index < -0.39 is 0 Å². The second kappa shape index (κ2) is 7.90. The van der Waals surface area contributed by atoms with Gasteiger partial charge in [0.25, 0.3) is 0 Å². The van der Waals surface area contributed by atoms with Crippen molar-refractivity contribution in [2.24, 2.45) is 0 Å². The summed E-state index contributed by atoms with van der Waals surface area (Å²) >= 11 is 0. The van der Waals surface area contributed by atoms with Crippen molar-refractivity contribution in [3.05, 3.63) is 65.2 Å². The van der Waals surface area contributed by atoms with E-state index in [1.54, 1.807) is 7.11 Å². The van der Waals surface area contributed by atoms with Crippen LogP contribution in [0.15, 0.2) is 48.5 Å². The first-order valence-electron chi connectivity index (χ1n) is 7.13. The first kappa shape index (κ1) is 15.7. The van der Waals surface area contributed by atoms with E-state index in [4.69, 9.17) is 4.74 Å². The van der Waals surface area contributed by atoms with E-state index in [1.807, 2.05) is 55.5 Å². The van der Waals surface area contributed by atoms with Gasteiger partial charge in [0.05, 0.1) is 25.6 Å². The van der Waals surface area contributed by atoms with Crippen LogP contribution < -0.4 is 10.1 Å². The number of para-hydroxylation sites is 1. The van der Waals surface area contributed by atoms with E-state index in [-0.39, 0.29) is 5.91 Å². The minimum Gasteiger partial charge on any atom is -0.495 e. The van der Waals surface area contributed by atoms with Crippen LogP contribution in [0.25, 0.3) is 0 Å². The Balaban J connectivity index is 1.86. The van der Waals surface area contributed by atoms with Crippen molar-refractivity contribution in [3.63, 3.8) is 0 Å². The molecule has 112 valence electrons. The lowest BCUT2D eigenvalue weighted by atomic mass is 10.1. The Labute approximate surface area is 131 Å². The molecule has 3 heteroatoms. The topological polar surface area (TPSA) is 38.3 Å². The molecule has 1 amide bonds. The molecule has 0 fully saturated rings. The molecule has 0 saturated heterocycles. The minimum atomic E-state index is -0.0278. The Kier molecular flexibility index (Phi) is 5.62. The van der Waals surface area contributed by atoms with Crippen molar-refractivity contribution in [3.8, 4) is 17.6 Å². The zero-order valence-corrected chi connectivity index (χ0v) is 12.8. The highest BCUT2D eigenvalue weighted by Crippen LogP contribution is 2.15. The molecule has 0 saturated carbocycles. The van der Waals surface area contributed by atoms with Gasteiger partial charge < -0.3 is 10.1 Å². The molecule has 0 aliphatic carbocycles. The highest BCUT2D eigenvalue weighted by atomic mass is 16.5. The number of benzene rings is 2. The molecular formula is C19H19NO2. The van der Waals surface area contributed by atoms with E-state index in [1.165, 1.54) is 0 Å². The van der Waals surface area contributed by atoms with Crippen molar-refractivity contribution in [1.29, 1.82) is 0 Å². The van der Waals surface area contributed by atoms with Gasteiger partial charge in [0.15, 0.2) is 0 Å². The minimum absolute atomic E-state index is 0.0278. The smallest absolute Gasteiger partial charge is 0.225 e. The normalized spacial score (nSPS) is 9.55. The second-order valence-electron chi connectivity index (χ2n) is 4.94. The number of aryl methyl sites for hydroxylation is 1. The Morgan fingerprint density at radius 3 is 2.77 bits per heavy atom. The van der Waals surface area contributed by atoms with E-state index in [0.29, 0.717) is 13.0 Å². The van der Waals surface area contributed by atoms with Gasteiger partial charge in [-0.1, -0.05) is 53.8 Å². The fraction of sp³-hybridized carbons (Fsp3) is 0.211. The molecule has 1 N–H and O–H groups in total. The molecule has 0 aliphatic rings. The van der Waals surface area contributed by atoms with Crippen LogP contribution in [0.3, 0.4) is 0 Å². The number of hydrogen-bond acceptors (Lipinski definition) is 2. The van der Waals surface area contributed by atoms with Crippen LogP contribution in [0, 0.1) is 18.8 Å². The van der Waals surface area contributed by atoms with Gasteiger partial charge in [-0.3, -0.25) is 4.79 Å². The van der Waals surface area contributed by atoms with Crippen LogP contribution in [0.5, 0.6) is 5.75 Å². The van der Waals surface area contributed by atoms with Crippen LogP contribution in [0.4, 0.5) is 0 Å². The van der Waals surface area contributed by atoms with Crippen molar-refractivity contribution in [2.45, 2.75) is 13.3 Å². The number of methoxy groups -OCH3 is 1. The number of ether oxygens (including phenoxy) is 1. The first-order valence-corrected chi connectivity index (χ1v) is 7.13. The summed E-state index contributed by atoms with van der Waals surface area (Å²) < 4.78 is 5.22. The molecule has 0 unspecified atom stereocenters. The van der Waals surface area contributed by atoms with Crippen LogP contribution in [-0.2, 0) is 11.2 Å². The van der Waals surface area contributed by atoms with E-state index >= 15 is 0 Å². The summed E-state index contributed by atoms with van der Waals surface area (Å²) in [4.78, 5) is 11.9. The van der Waals surface area contributed by atoms with Crippen LogP contribution in [-0.4, -0.2) is 19.6 Å². The number of carbonyl (C=O) groups is 1. The largest absolute Gasteiger partial charge is 0.495 e. The van der Waals surface area contributed by atoms with Crippen molar-refractivity contribution in [2.75, 3.05) is 13.7 Å². The Morgan fingerprint density at radius 2 is 2.00 bits per heavy atom. The van der Waals surface area contributed by atoms with Gasteiger partial charge in [0.1, 0.15) is 5.75 Å². The van der Waals surface area contributed by atoms with E-state index in [0.717, 1.165) is 22.4 Å². The van der Waals surface area contributed by atoms with E-state index in [2.05, 4.69) is 17.2 Å². The predicted molar refractivity (Wildman–Crippen MR) is 87.8 cm³/mol. The molecule has 2 aromatic rings. The standard InChI is InChI=1S/C19H19NO2/c1-15-7-5-8-16(13-15)14-19(21)20-12-6-10-17-9-3-4-11-18(17)22-2/h3-5,7-9,11,13H,12,14H2,1-2H3,(H,20,21). The molecular weight excluding hydrogens is 274 g/mol. The Bertz CT molecular complexity index is 711. The number of hydrogen-bond donors (Lipinski definition) is 1. The van der Waals surface area contributed by atoms with Crippen LogP contribution in [0.1, 0.15) is 16.7 Å². The summed E-state index contributed by atoms with van der Waals surface area (Å²) in [6, 6.07) is 15.5. The highest BCUT2D eigenvalue weighted by Gasteiger charge is 2.02. The van der Waals surface area contributed by atoms with Gasteiger partial charge in [0, 0.05) is 0 Å². The Morgan fingerprint density at radius 1 is 1.18 bits per heavy atom. The monoisotopic (exact) mass is 293 g/mol. The van der Waals surface area contributed by atoms with Gasteiger partial charge in [-0.2, -0.15) is 0 Å². The summed E-state index contributed by atoms with van der Waals surface area (Å²) in [5, 5.41) is 2.80. The Hall–Kier alpha value is -2.73. The zero-order chi connectivity index (χ0) is 15.8. The summed E-state index contributed by atoms with van der Waals surface area (Å²) in [5.41, 5.74) is 2.98. The van der Waals surface area contributed by atoms with Gasteiger partial charge in [0.2, 0.25) is 5.91 Å². The van der Waals surface area contributed by atoms with Crippen molar-refractivity contribution in [1.82, 2.24) is 5.32 Å². The van der Waals surface area contributed by atoms with Crippen LogP contribution in [0.2, 0.25) is 0 Å². The number of carbonyl (C=O) groups excluding carboxylic acids is 1. The molecule has 3 nitrogen and oxygen atoms in total. The number of rotatable bonds is 4.